The number of carbonyl (C=O) groups excluding carboxylic acids is 1. The highest BCUT2D eigenvalue weighted by atomic mass is 19.1. The molecule has 2 heterocycles. The maximum Gasteiger partial charge on any atom is 0.237 e. The molecule has 2 aliphatic rings. The smallest absolute Gasteiger partial charge is 0.237 e. The van der Waals surface area contributed by atoms with Crippen LogP contribution in [0.2, 0.25) is 0 Å². The highest BCUT2D eigenvalue weighted by Gasteiger charge is 2.28. The Morgan fingerprint density at radius 3 is 2.70 bits per heavy atom. The third-order valence-corrected chi connectivity index (χ3v) is 5.58. The molecule has 2 aromatic carbocycles. The van der Waals surface area contributed by atoms with Crippen LogP contribution in [0.25, 0.3) is 0 Å². The van der Waals surface area contributed by atoms with Crippen molar-refractivity contribution in [2.75, 3.05) is 6.54 Å². The third-order valence-electron chi connectivity index (χ3n) is 5.58. The average Bonchev–Trinajstić information content (AvgIpc) is 3.16. The number of piperidine rings is 1. The van der Waals surface area contributed by atoms with Crippen LogP contribution < -0.4 is 10.6 Å². The molecule has 0 aromatic heterocycles. The molecule has 142 valence electrons. The first kappa shape index (κ1) is 18.1. The van der Waals surface area contributed by atoms with Gasteiger partial charge in [-0.25, -0.2) is 4.39 Å². The number of hydrogen-bond acceptors (Lipinski definition) is 3. The Kier molecular flexibility index (Phi) is 5.50. The molecule has 4 nitrogen and oxygen atoms in total. The lowest BCUT2D eigenvalue weighted by Crippen LogP contribution is -2.48. The second kappa shape index (κ2) is 8.19. The van der Waals surface area contributed by atoms with Crippen LogP contribution >= 0.6 is 0 Å². The number of hydrogen-bond donors (Lipinski definition) is 2. The van der Waals surface area contributed by atoms with Crippen LogP contribution in [0.3, 0.4) is 0 Å². The van der Waals surface area contributed by atoms with Crippen molar-refractivity contribution in [1.29, 1.82) is 0 Å². The van der Waals surface area contributed by atoms with Gasteiger partial charge in [-0.1, -0.05) is 36.8 Å². The van der Waals surface area contributed by atoms with Crippen molar-refractivity contribution in [3.8, 4) is 0 Å². The van der Waals surface area contributed by atoms with E-state index in [2.05, 4.69) is 33.7 Å². The summed E-state index contributed by atoms with van der Waals surface area (Å²) in [4.78, 5) is 15.1. The first-order chi connectivity index (χ1) is 13.2. The van der Waals surface area contributed by atoms with E-state index >= 15 is 0 Å². The summed E-state index contributed by atoms with van der Waals surface area (Å²) in [5.74, 6) is -0.133. The summed E-state index contributed by atoms with van der Waals surface area (Å²) in [6.07, 6.45) is 3.05. The van der Waals surface area contributed by atoms with Gasteiger partial charge in [0.25, 0.3) is 0 Å². The number of nitrogens with zero attached hydrogens (tertiary/aromatic N) is 1. The van der Waals surface area contributed by atoms with E-state index in [9.17, 15) is 9.18 Å². The fraction of sp³-hybridized carbons (Fsp3) is 0.409. The van der Waals surface area contributed by atoms with Gasteiger partial charge in [0.2, 0.25) is 5.91 Å². The molecule has 2 aromatic rings. The van der Waals surface area contributed by atoms with Crippen molar-refractivity contribution >= 4 is 5.91 Å². The lowest BCUT2D eigenvalue weighted by molar-refractivity contribution is -0.128. The van der Waals surface area contributed by atoms with Crippen LogP contribution in [0.5, 0.6) is 0 Å². The van der Waals surface area contributed by atoms with Crippen molar-refractivity contribution in [3.63, 3.8) is 0 Å². The molecule has 0 bridgehead atoms. The van der Waals surface area contributed by atoms with Crippen LogP contribution in [-0.2, 0) is 31.0 Å². The molecule has 2 aliphatic heterocycles. The Morgan fingerprint density at radius 1 is 1.07 bits per heavy atom. The summed E-state index contributed by atoms with van der Waals surface area (Å²) in [5.41, 5.74) is 4.87. The largest absolute Gasteiger partial charge is 0.351 e. The molecule has 1 unspecified atom stereocenters. The van der Waals surface area contributed by atoms with Crippen LogP contribution in [0, 0.1) is 5.82 Å². The quantitative estimate of drug-likeness (QED) is 0.854. The Labute approximate surface area is 159 Å². The van der Waals surface area contributed by atoms with Gasteiger partial charge in [0, 0.05) is 26.2 Å². The predicted octanol–water partition coefficient (Wildman–Crippen LogP) is 3.10. The van der Waals surface area contributed by atoms with Crippen molar-refractivity contribution in [3.05, 3.63) is 70.5 Å². The maximum atomic E-state index is 13.1. The fourth-order valence-corrected chi connectivity index (χ4v) is 4.07. The Hall–Kier alpha value is -2.24. The first-order valence-corrected chi connectivity index (χ1v) is 9.76. The van der Waals surface area contributed by atoms with Crippen LogP contribution in [0.4, 0.5) is 4.39 Å². The summed E-state index contributed by atoms with van der Waals surface area (Å²) in [6, 6.07) is 12.9. The number of amides is 1. The molecule has 0 aliphatic carbocycles. The number of carbonyl (C=O) groups is 1. The molecular weight excluding hydrogens is 341 g/mol. The first-order valence-electron chi connectivity index (χ1n) is 9.76. The van der Waals surface area contributed by atoms with Gasteiger partial charge in [-0.3, -0.25) is 9.69 Å². The van der Waals surface area contributed by atoms with E-state index < -0.39 is 0 Å². The standard InChI is InChI=1S/C22H26FN3O/c23-20-8-5-16(6-9-20)15-26-10-2-1-3-21(26)22(27)25-12-17-4-7-18-13-24-14-19(18)11-17/h4-9,11,21,24H,1-3,10,12-15H2,(H,25,27). The average molecular weight is 367 g/mol. The number of likely N-dealkylation sites (tertiary alicyclic amines) is 1. The van der Waals surface area contributed by atoms with E-state index in [1.807, 2.05) is 0 Å². The molecule has 1 saturated heterocycles. The number of benzene rings is 2. The van der Waals surface area contributed by atoms with Gasteiger partial charge in [-0.15, -0.1) is 0 Å². The fourth-order valence-electron chi connectivity index (χ4n) is 4.07. The van der Waals surface area contributed by atoms with Crippen molar-refractivity contribution in [2.45, 2.75) is 51.5 Å². The van der Waals surface area contributed by atoms with Gasteiger partial charge in [0.05, 0.1) is 6.04 Å². The maximum absolute atomic E-state index is 13.1. The number of fused-ring (bicyclic) bond motifs is 1. The molecule has 5 heteroatoms. The van der Waals surface area contributed by atoms with Gasteiger partial charge >= 0.3 is 0 Å². The summed E-state index contributed by atoms with van der Waals surface area (Å²) < 4.78 is 13.1. The number of rotatable bonds is 5. The van der Waals surface area contributed by atoms with Crippen molar-refractivity contribution < 1.29 is 9.18 Å². The Bertz CT molecular complexity index is 806. The van der Waals surface area contributed by atoms with E-state index in [1.54, 1.807) is 12.1 Å². The molecule has 1 fully saturated rings. The summed E-state index contributed by atoms with van der Waals surface area (Å²) in [7, 11) is 0. The molecule has 0 saturated carbocycles. The van der Waals surface area contributed by atoms with E-state index in [0.29, 0.717) is 13.1 Å². The van der Waals surface area contributed by atoms with E-state index in [4.69, 9.17) is 0 Å². The third kappa shape index (κ3) is 4.37. The van der Waals surface area contributed by atoms with Gasteiger partial charge < -0.3 is 10.6 Å². The zero-order valence-electron chi connectivity index (χ0n) is 15.5. The monoisotopic (exact) mass is 367 g/mol. The molecule has 0 spiro atoms. The second-order valence-corrected chi connectivity index (χ2v) is 7.53. The lowest BCUT2D eigenvalue weighted by Gasteiger charge is -2.34. The molecular formula is C22H26FN3O. The van der Waals surface area contributed by atoms with Crippen LogP contribution in [0.1, 0.15) is 41.5 Å². The van der Waals surface area contributed by atoms with Crippen LogP contribution in [-0.4, -0.2) is 23.4 Å². The molecule has 2 N–H and O–H groups in total. The SMILES string of the molecule is O=C(NCc1ccc2c(c1)CNC2)C1CCCCN1Cc1ccc(F)cc1. The number of halogens is 1. The van der Waals surface area contributed by atoms with E-state index in [-0.39, 0.29) is 17.8 Å². The molecule has 1 amide bonds. The summed E-state index contributed by atoms with van der Waals surface area (Å²) in [5, 5.41) is 6.47. The molecule has 4 rings (SSSR count). The highest BCUT2D eigenvalue weighted by molar-refractivity contribution is 5.81. The summed E-state index contributed by atoms with van der Waals surface area (Å²) in [6.45, 7) is 3.99. The van der Waals surface area contributed by atoms with Crippen molar-refractivity contribution in [1.82, 2.24) is 15.5 Å². The minimum Gasteiger partial charge on any atom is -0.351 e. The van der Waals surface area contributed by atoms with E-state index in [1.165, 1.54) is 23.3 Å². The number of nitrogens with one attached hydrogen (secondary N) is 2. The van der Waals surface area contributed by atoms with Gasteiger partial charge in [-0.2, -0.15) is 0 Å². The Balaban J connectivity index is 1.37. The molecule has 0 radical (unpaired) electrons. The van der Waals surface area contributed by atoms with Crippen LogP contribution in [0.15, 0.2) is 42.5 Å². The topological polar surface area (TPSA) is 44.4 Å². The normalized spacial score (nSPS) is 19.7. The van der Waals surface area contributed by atoms with Gasteiger partial charge in [0.15, 0.2) is 0 Å². The lowest BCUT2D eigenvalue weighted by atomic mass is 10.00. The molecule has 27 heavy (non-hydrogen) atoms. The second-order valence-electron chi connectivity index (χ2n) is 7.53. The summed E-state index contributed by atoms with van der Waals surface area (Å²) >= 11 is 0. The highest BCUT2D eigenvalue weighted by Crippen LogP contribution is 2.21. The Morgan fingerprint density at radius 2 is 1.85 bits per heavy atom. The minimum absolute atomic E-state index is 0.0930. The van der Waals surface area contributed by atoms with E-state index in [0.717, 1.165) is 50.0 Å². The zero-order chi connectivity index (χ0) is 18.6. The van der Waals surface area contributed by atoms with Gasteiger partial charge in [0.1, 0.15) is 5.82 Å². The molecule has 1 atom stereocenters. The van der Waals surface area contributed by atoms with Crippen molar-refractivity contribution in [2.24, 2.45) is 0 Å². The van der Waals surface area contributed by atoms with Gasteiger partial charge in [-0.05, 0) is 53.8 Å². The minimum atomic E-state index is -0.226. The predicted molar refractivity (Wildman–Crippen MR) is 103 cm³/mol. The zero-order valence-corrected chi connectivity index (χ0v) is 15.5.